The van der Waals surface area contributed by atoms with Crippen LogP contribution >= 0.6 is 0 Å². The topological polar surface area (TPSA) is 81.8 Å². The number of rotatable bonds is 6. The molecule has 3 N–H and O–H groups in total. The van der Waals surface area contributed by atoms with Crippen LogP contribution in [0.3, 0.4) is 0 Å². The first kappa shape index (κ1) is 23.5. The highest BCUT2D eigenvalue weighted by Crippen LogP contribution is 2.67. The molecule has 0 bridgehead atoms. The molecule has 0 aromatic carbocycles. The lowest BCUT2D eigenvalue weighted by atomic mass is 9.43. The molecule has 178 valence electrons. The molecule has 0 saturated heterocycles. The molecule has 4 saturated carbocycles. The molecule has 4 aliphatic carbocycles. The number of aliphatic hydroxyl groups is 1. The SMILES string of the molecule is CCCCO[C@H]1C[C@@]2(C)[C@@H](CC[C@@H]3[C@@H]2[C@H](N)C[C@]2(C)[C@@H](C(=O)OCC)CC[C@@H]32)C[C@@H]1O. The first-order valence-corrected chi connectivity index (χ1v) is 13.0. The number of aliphatic hydroxyl groups excluding tert-OH is 1. The van der Waals surface area contributed by atoms with Crippen LogP contribution in [-0.2, 0) is 14.3 Å². The normalized spacial score (nSPS) is 49.1. The van der Waals surface area contributed by atoms with E-state index in [-0.39, 0.29) is 41.0 Å². The van der Waals surface area contributed by atoms with E-state index < -0.39 is 0 Å². The maximum atomic E-state index is 12.8. The van der Waals surface area contributed by atoms with Crippen molar-refractivity contribution in [2.45, 2.75) is 104 Å². The van der Waals surface area contributed by atoms with Crippen LogP contribution in [0, 0.1) is 40.4 Å². The van der Waals surface area contributed by atoms with Gasteiger partial charge in [-0.3, -0.25) is 4.79 Å². The fourth-order valence-electron chi connectivity index (χ4n) is 8.70. The van der Waals surface area contributed by atoms with Gasteiger partial charge in [-0.05, 0) is 92.8 Å². The minimum atomic E-state index is -0.351. The Morgan fingerprint density at radius 2 is 1.87 bits per heavy atom. The number of carbonyl (C=O) groups excluding carboxylic acids is 1. The second kappa shape index (κ2) is 8.95. The van der Waals surface area contributed by atoms with E-state index in [0.717, 1.165) is 51.6 Å². The van der Waals surface area contributed by atoms with Crippen molar-refractivity contribution in [2.75, 3.05) is 13.2 Å². The Bertz CT molecular complexity index is 655. The molecule has 5 heteroatoms. The molecule has 5 nitrogen and oxygen atoms in total. The summed E-state index contributed by atoms with van der Waals surface area (Å²) < 4.78 is 11.7. The standard InChI is InChI=1S/C26H45NO4/c1-5-7-12-31-22-15-25(3)16(13-21(22)28)8-9-17-18-10-11-19(24(29)30-6-2)26(18,4)14-20(27)23(17)25/h16-23,28H,5-15,27H2,1-4H3/t16-,17-,18-,19+,20+,21-,22-,23+,25-,26-/m0/s1. The summed E-state index contributed by atoms with van der Waals surface area (Å²) in [5.74, 6) is 2.08. The largest absolute Gasteiger partial charge is 0.466 e. The fraction of sp³-hybridized carbons (Fsp3) is 0.962. The van der Waals surface area contributed by atoms with Gasteiger partial charge >= 0.3 is 5.97 Å². The van der Waals surface area contributed by atoms with Crippen molar-refractivity contribution >= 4 is 5.97 Å². The predicted molar refractivity (Wildman–Crippen MR) is 121 cm³/mol. The Kier molecular flexibility index (Phi) is 6.78. The Morgan fingerprint density at radius 3 is 2.58 bits per heavy atom. The Hall–Kier alpha value is -0.650. The van der Waals surface area contributed by atoms with Gasteiger partial charge in [-0.2, -0.15) is 0 Å². The summed E-state index contributed by atoms with van der Waals surface area (Å²) in [6.45, 7) is 10.0. The summed E-state index contributed by atoms with van der Waals surface area (Å²) in [6.07, 6.45) is 8.82. The Labute approximate surface area is 188 Å². The van der Waals surface area contributed by atoms with Gasteiger partial charge in [-0.25, -0.2) is 0 Å². The molecule has 10 atom stereocenters. The highest BCUT2D eigenvalue weighted by Gasteiger charge is 2.64. The second-order valence-electron chi connectivity index (χ2n) is 11.6. The summed E-state index contributed by atoms with van der Waals surface area (Å²) in [7, 11) is 0. The van der Waals surface area contributed by atoms with E-state index >= 15 is 0 Å². The maximum Gasteiger partial charge on any atom is 0.309 e. The molecule has 0 unspecified atom stereocenters. The molecule has 0 amide bonds. The van der Waals surface area contributed by atoms with Crippen LogP contribution in [0.15, 0.2) is 0 Å². The van der Waals surface area contributed by atoms with Crippen LogP contribution < -0.4 is 5.73 Å². The number of hydrogen-bond donors (Lipinski definition) is 2. The van der Waals surface area contributed by atoms with Crippen LogP contribution in [0.4, 0.5) is 0 Å². The fourth-order valence-corrected chi connectivity index (χ4v) is 8.70. The van der Waals surface area contributed by atoms with Crippen LogP contribution in [0.25, 0.3) is 0 Å². The smallest absolute Gasteiger partial charge is 0.309 e. The first-order chi connectivity index (χ1) is 14.8. The Balaban J connectivity index is 1.57. The van der Waals surface area contributed by atoms with Gasteiger partial charge in [0.15, 0.2) is 0 Å². The lowest BCUT2D eigenvalue weighted by Gasteiger charge is -2.63. The van der Waals surface area contributed by atoms with Crippen molar-refractivity contribution in [3.8, 4) is 0 Å². The molecule has 4 aliphatic rings. The average Bonchev–Trinajstić information content (AvgIpc) is 3.05. The molecule has 31 heavy (non-hydrogen) atoms. The summed E-state index contributed by atoms with van der Waals surface area (Å²) >= 11 is 0. The van der Waals surface area contributed by atoms with E-state index in [2.05, 4.69) is 20.8 Å². The summed E-state index contributed by atoms with van der Waals surface area (Å²) in [4.78, 5) is 12.8. The number of unbranched alkanes of at least 4 members (excludes halogenated alkanes) is 1. The lowest BCUT2D eigenvalue weighted by molar-refractivity contribution is -0.180. The van der Waals surface area contributed by atoms with Gasteiger partial charge < -0.3 is 20.3 Å². The zero-order chi connectivity index (χ0) is 22.4. The number of fused-ring (bicyclic) bond motifs is 5. The lowest BCUT2D eigenvalue weighted by Crippen LogP contribution is -2.63. The van der Waals surface area contributed by atoms with Crippen molar-refractivity contribution in [2.24, 2.45) is 46.2 Å². The van der Waals surface area contributed by atoms with Crippen LogP contribution in [-0.4, -0.2) is 42.5 Å². The van der Waals surface area contributed by atoms with Crippen LogP contribution in [0.5, 0.6) is 0 Å². The third-order valence-electron chi connectivity index (χ3n) is 10.1. The van der Waals surface area contributed by atoms with E-state index in [1.54, 1.807) is 0 Å². The minimum Gasteiger partial charge on any atom is -0.466 e. The first-order valence-electron chi connectivity index (χ1n) is 13.0. The van der Waals surface area contributed by atoms with Gasteiger partial charge in [0.2, 0.25) is 0 Å². The third kappa shape index (κ3) is 3.87. The highest BCUT2D eigenvalue weighted by molar-refractivity contribution is 5.74. The number of carbonyl (C=O) groups is 1. The van der Waals surface area contributed by atoms with E-state index in [0.29, 0.717) is 30.3 Å². The highest BCUT2D eigenvalue weighted by atomic mass is 16.5. The third-order valence-corrected chi connectivity index (χ3v) is 10.1. The summed E-state index contributed by atoms with van der Waals surface area (Å²) in [5.41, 5.74) is 7.08. The van der Waals surface area contributed by atoms with E-state index in [9.17, 15) is 9.90 Å². The summed E-state index contributed by atoms with van der Waals surface area (Å²) in [6, 6.07) is 0.0978. The quantitative estimate of drug-likeness (QED) is 0.480. The van der Waals surface area contributed by atoms with Gasteiger partial charge in [0.1, 0.15) is 0 Å². The van der Waals surface area contributed by atoms with Gasteiger partial charge in [0, 0.05) is 12.6 Å². The molecule has 0 spiro atoms. The molecule has 0 aromatic rings. The monoisotopic (exact) mass is 435 g/mol. The second-order valence-corrected chi connectivity index (χ2v) is 11.6. The van der Waals surface area contributed by atoms with Gasteiger partial charge in [-0.1, -0.05) is 27.2 Å². The number of hydrogen-bond acceptors (Lipinski definition) is 5. The molecule has 0 aromatic heterocycles. The average molecular weight is 436 g/mol. The van der Waals surface area contributed by atoms with Gasteiger partial charge in [0.25, 0.3) is 0 Å². The van der Waals surface area contributed by atoms with Gasteiger partial charge in [0.05, 0.1) is 24.7 Å². The molecule has 4 rings (SSSR count). The molecule has 0 heterocycles. The maximum absolute atomic E-state index is 12.8. The summed E-state index contributed by atoms with van der Waals surface area (Å²) in [5, 5.41) is 10.8. The van der Waals surface area contributed by atoms with Crippen molar-refractivity contribution < 1.29 is 19.4 Å². The van der Waals surface area contributed by atoms with E-state index in [1.807, 2.05) is 6.92 Å². The number of esters is 1. The number of nitrogens with two attached hydrogens (primary N) is 1. The van der Waals surface area contributed by atoms with Crippen LogP contribution in [0.2, 0.25) is 0 Å². The van der Waals surface area contributed by atoms with E-state index in [1.165, 1.54) is 12.8 Å². The molecular formula is C26H45NO4. The van der Waals surface area contributed by atoms with Gasteiger partial charge in [-0.15, -0.1) is 0 Å². The molecule has 0 radical (unpaired) electrons. The van der Waals surface area contributed by atoms with Crippen molar-refractivity contribution in [1.82, 2.24) is 0 Å². The predicted octanol–water partition coefficient (Wildman–Crippen LogP) is 4.30. The molecule has 0 aliphatic heterocycles. The number of ether oxygens (including phenoxy) is 2. The van der Waals surface area contributed by atoms with E-state index in [4.69, 9.17) is 15.2 Å². The zero-order valence-corrected chi connectivity index (χ0v) is 20.1. The Morgan fingerprint density at radius 1 is 1.10 bits per heavy atom. The van der Waals surface area contributed by atoms with Crippen molar-refractivity contribution in [1.29, 1.82) is 0 Å². The molecular weight excluding hydrogens is 390 g/mol. The van der Waals surface area contributed by atoms with Crippen molar-refractivity contribution in [3.05, 3.63) is 0 Å². The van der Waals surface area contributed by atoms with Crippen molar-refractivity contribution in [3.63, 3.8) is 0 Å². The minimum absolute atomic E-state index is 0.00622. The van der Waals surface area contributed by atoms with Crippen LogP contribution in [0.1, 0.15) is 85.5 Å². The zero-order valence-electron chi connectivity index (χ0n) is 20.1. The molecule has 4 fully saturated rings.